The van der Waals surface area contributed by atoms with Gasteiger partial charge in [0.15, 0.2) is 0 Å². The smallest absolute Gasteiger partial charge is 0.127 e. The molecule has 0 aliphatic heterocycles. The van der Waals surface area contributed by atoms with E-state index in [1.165, 1.54) is 0 Å². The lowest BCUT2D eigenvalue weighted by atomic mass is 10.2. The summed E-state index contributed by atoms with van der Waals surface area (Å²) in [7, 11) is 1.67. The Hall–Kier alpha value is -2.44. The molecule has 2 aromatic heterocycles. The zero-order chi connectivity index (χ0) is 17.1. The molecule has 0 N–H and O–H groups in total. The molecule has 6 heteroatoms. The molecule has 0 aliphatic rings. The number of thiazole rings is 1. The summed E-state index contributed by atoms with van der Waals surface area (Å²) in [6.45, 7) is 0. The van der Waals surface area contributed by atoms with Crippen molar-refractivity contribution in [3.05, 3.63) is 65.8 Å². The van der Waals surface area contributed by atoms with E-state index in [-0.39, 0.29) is 0 Å². The summed E-state index contributed by atoms with van der Waals surface area (Å²) in [6, 6.07) is 16.1. The van der Waals surface area contributed by atoms with Crippen LogP contribution in [0.5, 0.6) is 5.75 Å². The Labute approximate surface area is 153 Å². The number of methoxy groups -OCH3 is 1. The van der Waals surface area contributed by atoms with Crippen LogP contribution < -0.4 is 4.74 Å². The number of benzene rings is 2. The molecule has 124 valence electrons. The molecule has 0 saturated carbocycles. The molecule has 4 rings (SSSR count). The van der Waals surface area contributed by atoms with E-state index in [1.54, 1.807) is 36.4 Å². The van der Waals surface area contributed by atoms with Gasteiger partial charge in [-0.3, -0.25) is 0 Å². The quantitative estimate of drug-likeness (QED) is 0.463. The standard InChI is InChI=1S/C19H15N3OS2/c1-23-16-7-4-6-13(9-16)18-21-15(11-24-18)12-25-19-17-8-3-2-5-14(17)10-20-22-19/h2-11H,12H2,1H3. The third-order valence-electron chi connectivity index (χ3n) is 3.76. The minimum Gasteiger partial charge on any atom is -0.497 e. The van der Waals surface area contributed by atoms with Gasteiger partial charge in [-0.1, -0.05) is 48.2 Å². The number of hydrogen-bond donors (Lipinski definition) is 0. The van der Waals surface area contributed by atoms with Crippen LogP contribution in [0.1, 0.15) is 5.69 Å². The monoisotopic (exact) mass is 365 g/mol. The van der Waals surface area contributed by atoms with Crippen molar-refractivity contribution in [2.75, 3.05) is 7.11 Å². The van der Waals surface area contributed by atoms with Gasteiger partial charge in [0.1, 0.15) is 15.8 Å². The highest BCUT2D eigenvalue weighted by atomic mass is 32.2. The van der Waals surface area contributed by atoms with Crippen molar-refractivity contribution in [2.45, 2.75) is 10.8 Å². The minimum atomic E-state index is 0.767. The maximum atomic E-state index is 5.29. The summed E-state index contributed by atoms with van der Waals surface area (Å²) in [5.74, 6) is 1.61. The first kappa shape index (κ1) is 16.1. The molecule has 0 bridgehead atoms. The molecule has 0 amide bonds. The Morgan fingerprint density at radius 3 is 2.96 bits per heavy atom. The van der Waals surface area contributed by atoms with Gasteiger partial charge in [0.2, 0.25) is 0 Å². The summed E-state index contributed by atoms with van der Waals surface area (Å²) in [5.41, 5.74) is 2.12. The number of aromatic nitrogens is 3. The number of nitrogens with zero attached hydrogens (tertiary/aromatic N) is 3. The first-order valence-electron chi connectivity index (χ1n) is 7.75. The fraction of sp³-hybridized carbons (Fsp3) is 0.105. The van der Waals surface area contributed by atoms with Crippen LogP contribution in [0.4, 0.5) is 0 Å². The van der Waals surface area contributed by atoms with E-state index in [0.29, 0.717) is 0 Å². The third kappa shape index (κ3) is 3.50. The van der Waals surface area contributed by atoms with Crippen LogP contribution in [0.2, 0.25) is 0 Å². The summed E-state index contributed by atoms with van der Waals surface area (Å²) >= 11 is 3.31. The zero-order valence-corrected chi connectivity index (χ0v) is 15.2. The molecule has 0 aliphatic carbocycles. The normalized spacial score (nSPS) is 10.9. The van der Waals surface area contributed by atoms with Crippen LogP contribution in [0.3, 0.4) is 0 Å². The van der Waals surface area contributed by atoms with E-state index in [2.05, 4.69) is 33.8 Å². The van der Waals surface area contributed by atoms with Gasteiger partial charge in [-0.2, -0.15) is 5.10 Å². The van der Waals surface area contributed by atoms with E-state index in [0.717, 1.165) is 43.6 Å². The number of fused-ring (bicyclic) bond motifs is 1. The molecule has 0 radical (unpaired) electrons. The zero-order valence-electron chi connectivity index (χ0n) is 13.5. The van der Waals surface area contributed by atoms with Crippen molar-refractivity contribution in [1.82, 2.24) is 15.2 Å². The molecular weight excluding hydrogens is 350 g/mol. The van der Waals surface area contributed by atoms with Crippen LogP contribution in [0, 0.1) is 0 Å². The van der Waals surface area contributed by atoms with E-state index in [1.807, 2.05) is 30.3 Å². The largest absolute Gasteiger partial charge is 0.497 e. The van der Waals surface area contributed by atoms with E-state index in [9.17, 15) is 0 Å². The van der Waals surface area contributed by atoms with Crippen molar-refractivity contribution in [2.24, 2.45) is 0 Å². The van der Waals surface area contributed by atoms with Crippen molar-refractivity contribution in [3.8, 4) is 16.3 Å². The van der Waals surface area contributed by atoms with Gasteiger partial charge < -0.3 is 4.74 Å². The second-order valence-electron chi connectivity index (χ2n) is 5.40. The lowest BCUT2D eigenvalue weighted by Crippen LogP contribution is -1.89. The lowest BCUT2D eigenvalue weighted by Gasteiger charge is -2.03. The Morgan fingerprint density at radius 1 is 1.12 bits per heavy atom. The van der Waals surface area contributed by atoms with Gasteiger partial charge in [-0.05, 0) is 12.1 Å². The lowest BCUT2D eigenvalue weighted by molar-refractivity contribution is 0.415. The number of hydrogen-bond acceptors (Lipinski definition) is 6. The summed E-state index contributed by atoms with van der Waals surface area (Å²) in [5, 5.41) is 14.6. The predicted molar refractivity (Wildman–Crippen MR) is 103 cm³/mol. The molecule has 25 heavy (non-hydrogen) atoms. The van der Waals surface area contributed by atoms with Crippen molar-refractivity contribution in [3.63, 3.8) is 0 Å². The Bertz CT molecular complexity index is 1010. The molecular formula is C19H15N3OS2. The average Bonchev–Trinajstić information content (AvgIpc) is 3.15. The number of thioether (sulfide) groups is 1. The first-order valence-corrected chi connectivity index (χ1v) is 9.62. The molecule has 4 aromatic rings. The molecule has 4 nitrogen and oxygen atoms in total. The molecule has 0 saturated heterocycles. The summed E-state index contributed by atoms with van der Waals surface area (Å²) < 4.78 is 5.29. The molecule has 2 heterocycles. The van der Waals surface area contributed by atoms with Gasteiger partial charge in [0.05, 0.1) is 19.0 Å². The maximum absolute atomic E-state index is 5.29. The highest BCUT2D eigenvalue weighted by molar-refractivity contribution is 7.98. The minimum absolute atomic E-state index is 0.767. The van der Waals surface area contributed by atoms with E-state index < -0.39 is 0 Å². The molecule has 0 atom stereocenters. The topological polar surface area (TPSA) is 47.9 Å². The molecule has 0 unspecified atom stereocenters. The Balaban J connectivity index is 1.53. The maximum Gasteiger partial charge on any atom is 0.127 e. The van der Waals surface area contributed by atoms with Crippen LogP contribution in [0.25, 0.3) is 21.3 Å². The fourth-order valence-electron chi connectivity index (χ4n) is 2.51. The van der Waals surface area contributed by atoms with Crippen molar-refractivity contribution >= 4 is 33.9 Å². The second-order valence-corrected chi connectivity index (χ2v) is 7.22. The van der Waals surface area contributed by atoms with E-state index >= 15 is 0 Å². The SMILES string of the molecule is COc1cccc(-c2nc(CSc3nncc4ccccc34)cs2)c1. The summed E-state index contributed by atoms with van der Waals surface area (Å²) in [4.78, 5) is 4.74. The van der Waals surface area contributed by atoms with Crippen LogP contribution in [0.15, 0.2) is 65.1 Å². The molecule has 0 fully saturated rings. The second kappa shape index (κ2) is 7.21. The predicted octanol–water partition coefficient (Wildman–Crippen LogP) is 5.05. The Kier molecular flexibility index (Phi) is 4.63. The third-order valence-corrected chi connectivity index (χ3v) is 5.72. The van der Waals surface area contributed by atoms with Gasteiger partial charge in [0.25, 0.3) is 0 Å². The number of ether oxygens (including phenoxy) is 1. The Morgan fingerprint density at radius 2 is 2.04 bits per heavy atom. The van der Waals surface area contributed by atoms with Crippen LogP contribution in [-0.4, -0.2) is 22.3 Å². The van der Waals surface area contributed by atoms with Gasteiger partial charge in [-0.25, -0.2) is 4.98 Å². The van der Waals surface area contributed by atoms with Crippen molar-refractivity contribution < 1.29 is 4.74 Å². The molecule has 2 aromatic carbocycles. The van der Waals surface area contributed by atoms with Crippen molar-refractivity contribution in [1.29, 1.82) is 0 Å². The van der Waals surface area contributed by atoms with Gasteiger partial charge in [-0.15, -0.1) is 16.4 Å². The van der Waals surface area contributed by atoms with Gasteiger partial charge in [0, 0.05) is 27.5 Å². The highest BCUT2D eigenvalue weighted by Gasteiger charge is 2.09. The van der Waals surface area contributed by atoms with Gasteiger partial charge >= 0.3 is 0 Å². The molecule has 0 spiro atoms. The first-order chi connectivity index (χ1) is 12.3. The highest BCUT2D eigenvalue weighted by Crippen LogP contribution is 2.31. The summed E-state index contributed by atoms with van der Waals surface area (Å²) in [6.07, 6.45) is 1.79. The fourth-order valence-corrected chi connectivity index (χ4v) is 4.31. The number of rotatable bonds is 5. The van der Waals surface area contributed by atoms with Crippen LogP contribution in [-0.2, 0) is 5.75 Å². The van der Waals surface area contributed by atoms with Crippen LogP contribution >= 0.6 is 23.1 Å². The van der Waals surface area contributed by atoms with E-state index in [4.69, 9.17) is 9.72 Å². The average molecular weight is 365 g/mol.